The van der Waals surface area contributed by atoms with Gasteiger partial charge in [0.1, 0.15) is 0 Å². The van der Waals surface area contributed by atoms with E-state index in [9.17, 15) is 0 Å². The molecule has 1 unspecified atom stereocenters. The molecule has 1 aliphatic rings. The van der Waals surface area contributed by atoms with E-state index in [1.165, 1.54) is 19.3 Å². The highest BCUT2D eigenvalue weighted by molar-refractivity contribution is 5.64. The van der Waals surface area contributed by atoms with Crippen LogP contribution in [0.25, 0.3) is 0 Å². The first-order valence-corrected chi connectivity index (χ1v) is 5.67. The van der Waals surface area contributed by atoms with Gasteiger partial charge in [0.15, 0.2) is 0 Å². The molecule has 1 N–H and O–H groups in total. The van der Waals surface area contributed by atoms with E-state index in [4.69, 9.17) is 0 Å². The molecule has 14 heavy (non-hydrogen) atoms. The molecule has 0 spiro atoms. The van der Waals surface area contributed by atoms with Gasteiger partial charge in [0.2, 0.25) is 0 Å². The summed E-state index contributed by atoms with van der Waals surface area (Å²) in [6.45, 7) is 3.26. The molecule has 3 heteroatoms. The van der Waals surface area contributed by atoms with Crippen molar-refractivity contribution in [1.82, 2.24) is 10.2 Å². The Morgan fingerprint density at radius 2 is 2.29 bits per heavy atom. The van der Waals surface area contributed by atoms with Crippen molar-refractivity contribution in [1.29, 1.82) is 0 Å². The fourth-order valence-corrected chi connectivity index (χ4v) is 1.69. The zero-order chi connectivity index (χ0) is 10.2. The minimum Gasteiger partial charge on any atom is -0.309 e. The molecular formula is C11H23N3. The van der Waals surface area contributed by atoms with Crippen molar-refractivity contribution in [3.05, 3.63) is 0 Å². The third-order valence-corrected chi connectivity index (χ3v) is 2.53. The van der Waals surface area contributed by atoms with Crippen molar-refractivity contribution in [2.45, 2.75) is 31.7 Å². The molecule has 3 nitrogen and oxygen atoms in total. The average molecular weight is 197 g/mol. The van der Waals surface area contributed by atoms with Crippen LogP contribution in [0.4, 0.5) is 0 Å². The summed E-state index contributed by atoms with van der Waals surface area (Å²) in [6.07, 6.45) is 7.20. The molecule has 0 saturated carbocycles. The number of aliphatic imine (C=N–C) groups is 1. The Balaban J connectivity index is 2.01. The van der Waals surface area contributed by atoms with Crippen molar-refractivity contribution >= 4 is 6.21 Å². The highest BCUT2D eigenvalue weighted by Crippen LogP contribution is 2.04. The summed E-state index contributed by atoms with van der Waals surface area (Å²) >= 11 is 0. The Hall–Kier alpha value is -0.410. The van der Waals surface area contributed by atoms with Gasteiger partial charge >= 0.3 is 0 Å². The van der Waals surface area contributed by atoms with Crippen LogP contribution in [0.2, 0.25) is 0 Å². The molecule has 1 aliphatic heterocycles. The molecule has 0 amide bonds. The Morgan fingerprint density at radius 3 is 2.93 bits per heavy atom. The van der Waals surface area contributed by atoms with E-state index >= 15 is 0 Å². The van der Waals surface area contributed by atoms with Gasteiger partial charge in [-0.3, -0.25) is 4.99 Å². The predicted octanol–water partition coefficient (Wildman–Crippen LogP) is 1.15. The lowest BCUT2D eigenvalue weighted by Crippen LogP contribution is -2.35. The summed E-state index contributed by atoms with van der Waals surface area (Å²) < 4.78 is 0. The van der Waals surface area contributed by atoms with E-state index in [2.05, 4.69) is 35.5 Å². The number of rotatable bonds is 5. The zero-order valence-electron chi connectivity index (χ0n) is 9.50. The van der Waals surface area contributed by atoms with E-state index in [-0.39, 0.29) is 0 Å². The van der Waals surface area contributed by atoms with Crippen molar-refractivity contribution in [2.24, 2.45) is 4.99 Å². The number of hydrogen-bond donors (Lipinski definition) is 1. The molecule has 0 bridgehead atoms. The summed E-state index contributed by atoms with van der Waals surface area (Å²) in [5.41, 5.74) is 0. The lowest BCUT2D eigenvalue weighted by Gasteiger charge is -2.19. The van der Waals surface area contributed by atoms with Crippen LogP contribution in [0.1, 0.15) is 25.7 Å². The minimum absolute atomic E-state index is 0.545. The van der Waals surface area contributed by atoms with Gasteiger partial charge in [-0.15, -0.1) is 0 Å². The van der Waals surface area contributed by atoms with Gasteiger partial charge in [-0.1, -0.05) is 6.42 Å². The summed E-state index contributed by atoms with van der Waals surface area (Å²) in [5.74, 6) is 0. The highest BCUT2D eigenvalue weighted by Gasteiger charge is 2.08. The molecule has 0 aromatic rings. The van der Waals surface area contributed by atoms with E-state index < -0.39 is 0 Å². The number of nitrogens with one attached hydrogen (secondary N) is 1. The molecule has 1 rings (SSSR count). The first-order valence-electron chi connectivity index (χ1n) is 5.67. The fourth-order valence-electron chi connectivity index (χ4n) is 1.69. The summed E-state index contributed by atoms with van der Waals surface area (Å²) in [5, 5.41) is 3.46. The van der Waals surface area contributed by atoms with Crippen LogP contribution >= 0.6 is 0 Å². The average Bonchev–Trinajstić information content (AvgIpc) is 2.18. The zero-order valence-corrected chi connectivity index (χ0v) is 9.50. The Bertz CT molecular complexity index is 160. The number of piperidine rings is 1. The van der Waals surface area contributed by atoms with Gasteiger partial charge in [0.05, 0.1) is 0 Å². The molecule has 0 aromatic carbocycles. The maximum Gasteiger partial charge on any atom is 0.0420 e. The van der Waals surface area contributed by atoms with E-state index in [1.807, 2.05) is 0 Å². The van der Waals surface area contributed by atoms with Crippen molar-refractivity contribution < 1.29 is 0 Å². The Morgan fingerprint density at radius 1 is 1.43 bits per heavy atom. The molecule has 1 saturated heterocycles. The molecule has 1 fully saturated rings. The van der Waals surface area contributed by atoms with Crippen molar-refractivity contribution in [3.8, 4) is 0 Å². The largest absolute Gasteiger partial charge is 0.309 e. The second kappa shape index (κ2) is 6.96. The highest BCUT2D eigenvalue weighted by atomic mass is 15.0. The lowest BCUT2D eigenvalue weighted by atomic mass is 10.1. The smallest absolute Gasteiger partial charge is 0.0420 e. The van der Waals surface area contributed by atoms with Crippen LogP contribution in [0, 0.1) is 0 Å². The summed E-state index contributed by atoms with van der Waals surface area (Å²) in [7, 11) is 4.21. The molecular weight excluding hydrogens is 174 g/mol. The van der Waals surface area contributed by atoms with Crippen LogP contribution in [0.15, 0.2) is 4.99 Å². The van der Waals surface area contributed by atoms with Crippen LogP contribution in [0.3, 0.4) is 0 Å². The van der Waals surface area contributed by atoms with Crippen LogP contribution < -0.4 is 5.32 Å². The normalized spacial score (nSPS) is 23.5. The quantitative estimate of drug-likeness (QED) is 0.529. The summed E-state index contributed by atoms with van der Waals surface area (Å²) in [4.78, 5) is 6.66. The summed E-state index contributed by atoms with van der Waals surface area (Å²) in [6, 6.07) is 0.545. The Labute approximate surface area is 87.6 Å². The first-order chi connectivity index (χ1) is 6.79. The maximum absolute atomic E-state index is 4.45. The minimum atomic E-state index is 0.545. The van der Waals surface area contributed by atoms with Gasteiger partial charge in [-0.2, -0.15) is 0 Å². The molecule has 0 radical (unpaired) electrons. The number of nitrogens with zero attached hydrogens (tertiary/aromatic N) is 2. The number of hydrogen-bond acceptors (Lipinski definition) is 3. The third-order valence-electron chi connectivity index (χ3n) is 2.53. The molecule has 82 valence electrons. The van der Waals surface area contributed by atoms with Crippen LogP contribution in [-0.2, 0) is 0 Å². The van der Waals surface area contributed by atoms with Crippen molar-refractivity contribution in [3.63, 3.8) is 0 Å². The van der Waals surface area contributed by atoms with Crippen LogP contribution in [0.5, 0.6) is 0 Å². The monoisotopic (exact) mass is 197 g/mol. The fraction of sp³-hybridized carbons (Fsp3) is 0.909. The van der Waals surface area contributed by atoms with Crippen LogP contribution in [-0.4, -0.2) is 50.9 Å². The predicted molar refractivity (Wildman–Crippen MR) is 62.2 cm³/mol. The second-order valence-electron chi connectivity index (χ2n) is 4.27. The third kappa shape index (κ3) is 5.35. The lowest BCUT2D eigenvalue weighted by molar-refractivity contribution is 0.403. The van der Waals surface area contributed by atoms with Gasteiger partial charge in [0, 0.05) is 18.8 Å². The topological polar surface area (TPSA) is 27.6 Å². The Kier molecular flexibility index (Phi) is 5.80. The molecule has 1 heterocycles. The van der Waals surface area contributed by atoms with E-state index in [0.29, 0.717) is 6.04 Å². The van der Waals surface area contributed by atoms with Crippen molar-refractivity contribution in [2.75, 3.05) is 33.7 Å². The van der Waals surface area contributed by atoms with Gasteiger partial charge < -0.3 is 10.2 Å². The molecule has 0 aromatic heterocycles. The van der Waals surface area contributed by atoms with E-state index in [0.717, 1.165) is 26.1 Å². The molecule has 1 atom stereocenters. The van der Waals surface area contributed by atoms with Gasteiger partial charge in [0.25, 0.3) is 0 Å². The van der Waals surface area contributed by atoms with Gasteiger partial charge in [-0.25, -0.2) is 0 Å². The molecule has 0 aliphatic carbocycles. The maximum atomic E-state index is 4.45. The van der Waals surface area contributed by atoms with Gasteiger partial charge in [-0.05, 0) is 46.4 Å². The first kappa shape index (κ1) is 11.7. The van der Waals surface area contributed by atoms with E-state index in [1.54, 1.807) is 0 Å². The SMILES string of the molecule is CN(C)CCCN=CC1CCCCN1. The second-order valence-corrected chi connectivity index (χ2v) is 4.27. The standard InChI is InChI=1S/C11H23N3/c1-14(2)9-5-7-12-10-11-6-3-4-8-13-11/h10-11,13H,3-9H2,1-2H3.